The van der Waals surface area contributed by atoms with Gasteiger partial charge in [-0.15, -0.1) is 0 Å². The quantitative estimate of drug-likeness (QED) is 0.729. The van der Waals surface area contributed by atoms with E-state index in [0.29, 0.717) is 23.3 Å². The van der Waals surface area contributed by atoms with Gasteiger partial charge in [-0.25, -0.2) is 4.39 Å². The minimum atomic E-state index is -0.289. The normalized spacial score (nSPS) is 10.8. The summed E-state index contributed by atoms with van der Waals surface area (Å²) >= 11 is 5.71. The summed E-state index contributed by atoms with van der Waals surface area (Å²) in [5.74, 6) is 0.264. The fourth-order valence-electron chi connectivity index (χ4n) is 1.92. The molecule has 21 heavy (non-hydrogen) atoms. The van der Waals surface area contributed by atoms with Crippen LogP contribution in [0.4, 0.5) is 4.39 Å². The van der Waals surface area contributed by atoms with Crippen LogP contribution >= 0.6 is 11.6 Å². The third kappa shape index (κ3) is 2.90. The number of fused-ring (bicyclic) bond motifs is 1. The van der Waals surface area contributed by atoms with E-state index in [1.165, 1.54) is 18.4 Å². The number of hydrogen-bond acceptors (Lipinski definition) is 3. The molecule has 0 unspecified atom stereocenters. The SMILES string of the molecule is O=c1c(Cl)coc2cc(OCc3ccc(F)cc3)ccc12. The zero-order valence-electron chi connectivity index (χ0n) is 10.8. The Labute approximate surface area is 124 Å². The maximum Gasteiger partial charge on any atom is 0.211 e. The summed E-state index contributed by atoms with van der Waals surface area (Å²) in [5.41, 5.74) is 0.970. The Morgan fingerprint density at radius 1 is 1.14 bits per heavy atom. The predicted octanol–water partition coefficient (Wildman–Crippen LogP) is 4.16. The molecule has 0 aliphatic heterocycles. The summed E-state index contributed by atoms with van der Waals surface area (Å²) in [6, 6.07) is 10.9. The monoisotopic (exact) mass is 304 g/mol. The van der Waals surface area contributed by atoms with Gasteiger partial charge in [0.2, 0.25) is 5.43 Å². The van der Waals surface area contributed by atoms with Crippen LogP contribution in [0.5, 0.6) is 5.75 Å². The number of hydrogen-bond donors (Lipinski definition) is 0. The number of ether oxygens (including phenoxy) is 1. The van der Waals surface area contributed by atoms with Crippen molar-refractivity contribution < 1.29 is 13.5 Å². The Hall–Kier alpha value is -2.33. The fraction of sp³-hybridized carbons (Fsp3) is 0.0625. The Kier molecular flexibility index (Phi) is 3.62. The minimum Gasteiger partial charge on any atom is -0.489 e. The molecule has 0 bridgehead atoms. The summed E-state index contributed by atoms with van der Waals surface area (Å²) < 4.78 is 23.7. The number of halogens is 2. The number of rotatable bonds is 3. The van der Waals surface area contributed by atoms with E-state index in [4.69, 9.17) is 20.8 Å². The first kappa shape index (κ1) is 13.6. The summed E-state index contributed by atoms with van der Waals surface area (Å²) in [6.45, 7) is 0.295. The largest absolute Gasteiger partial charge is 0.489 e. The van der Waals surface area contributed by atoms with Crippen LogP contribution in [0, 0.1) is 5.82 Å². The molecular weight excluding hydrogens is 295 g/mol. The highest BCUT2D eigenvalue weighted by molar-refractivity contribution is 6.30. The van der Waals surface area contributed by atoms with E-state index in [1.54, 1.807) is 30.3 Å². The predicted molar refractivity (Wildman–Crippen MR) is 78.2 cm³/mol. The molecule has 1 heterocycles. The molecule has 0 amide bonds. The topological polar surface area (TPSA) is 39.4 Å². The van der Waals surface area contributed by atoms with E-state index in [0.717, 1.165) is 5.56 Å². The van der Waals surface area contributed by atoms with E-state index in [1.807, 2.05) is 0 Å². The third-order valence-corrected chi connectivity index (χ3v) is 3.28. The van der Waals surface area contributed by atoms with Gasteiger partial charge in [0.15, 0.2) is 0 Å². The molecule has 0 radical (unpaired) electrons. The van der Waals surface area contributed by atoms with Crippen molar-refractivity contribution in [3.05, 3.63) is 75.4 Å². The van der Waals surface area contributed by atoms with E-state index in [2.05, 4.69) is 0 Å². The van der Waals surface area contributed by atoms with Gasteiger partial charge >= 0.3 is 0 Å². The molecule has 3 aromatic rings. The molecular formula is C16H10ClFO3. The average molecular weight is 305 g/mol. The van der Waals surface area contributed by atoms with Gasteiger partial charge < -0.3 is 9.15 Å². The molecule has 1 aromatic heterocycles. The highest BCUT2D eigenvalue weighted by Gasteiger charge is 2.06. The maximum atomic E-state index is 12.8. The van der Waals surface area contributed by atoms with Crippen molar-refractivity contribution in [1.82, 2.24) is 0 Å². The van der Waals surface area contributed by atoms with Crippen LogP contribution in [-0.4, -0.2) is 0 Å². The van der Waals surface area contributed by atoms with Crippen molar-refractivity contribution >= 4 is 22.6 Å². The third-order valence-electron chi connectivity index (χ3n) is 3.02. The lowest BCUT2D eigenvalue weighted by Gasteiger charge is -2.07. The Morgan fingerprint density at radius 2 is 1.90 bits per heavy atom. The van der Waals surface area contributed by atoms with Crippen LogP contribution < -0.4 is 10.2 Å². The van der Waals surface area contributed by atoms with Gasteiger partial charge in [-0.3, -0.25) is 4.79 Å². The molecule has 3 nitrogen and oxygen atoms in total. The molecule has 0 spiro atoms. The van der Waals surface area contributed by atoms with Crippen LogP contribution in [0.1, 0.15) is 5.56 Å². The van der Waals surface area contributed by atoms with Gasteiger partial charge in [-0.05, 0) is 29.8 Å². The highest BCUT2D eigenvalue weighted by atomic mass is 35.5. The lowest BCUT2D eigenvalue weighted by atomic mass is 10.2. The summed E-state index contributed by atoms with van der Waals surface area (Å²) in [5, 5.41) is 0.444. The van der Waals surface area contributed by atoms with Crippen molar-refractivity contribution in [3.8, 4) is 5.75 Å². The lowest BCUT2D eigenvalue weighted by molar-refractivity contribution is 0.306. The van der Waals surface area contributed by atoms with E-state index in [-0.39, 0.29) is 16.3 Å². The second-order valence-electron chi connectivity index (χ2n) is 4.49. The first-order valence-corrected chi connectivity index (χ1v) is 6.59. The zero-order chi connectivity index (χ0) is 14.8. The smallest absolute Gasteiger partial charge is 0.211 e. The van der Waals surface area contributed by atoms with Crippen LogP contribution in [-0.2, 0) is 6.61 Å². The summed E-state index contributed by atoms with van der Waals surface area (Å²) in [6.07, 6.45) is 1.20. The first-order valence-electron chi connectivity index (χ1n) is 6.22. The van der Waals surface area contributed by atoms with E-state index < -0.39 is 0 Å². The van der Waals surface area contributed by atoms with Crippen molar-refractivity contribution in [2.75, 3.05) is 0 Å². The summed E-state index contributed by atoms with van der Waals surface area (Å²) in [7, 11) is 0. The van der Waals surface area contributed by atoms with Crippen LogP contribution in [0.15, 0.2) is 57.9 Å². The molecule has 106 valence electrons. The molecule has 0 aliphatic carbocycles. The molecule has 0 fully saturated rings. The van der Waals surface area contributed by atoms with E-state index in [9.17, 15) is 9.18 Å². The van der Waals surface area contributed by atoms with Crippen molar-refractivity contribution in [2.45, 2.75) is 6.61 Å². The van der Waals surface area contributed by atoms with Gasteiger partial charge in [0.1, 0.15) is 35.0 Å². The zero-order valence-corrected chi connectivity index (χ0v) is 11.6. The molecule has 0 aliphatic rings. The van der Waals surface area contributed by atoms with Gasteiger partial charge in [-0.1, -0.05) is 23.7 Å². The second-order valence-corrected chi connectivity index (χ2v) is 4.89. The second kappa shape index (κ2) is 5.58. The van der Waals surface area contributed by atoms with Gasteiger partial charge in [0, 0.05) is 6.07 Å². The molecule has 0 atom stereocenters. The van der Waals surface area contributed by atoms with Gasteiger partial charge in [0.25, 0.3) is 0 Å². The molecule has 3 rings (SSSR count). The first-order chi connectivity index (χ1) is 10.1. The van der Waals surface area contributed by atoms with Crippen molar-refractivity contribution in [3.63, 3.8) is 0 Å². The highest BCUT2D eigenvalue weighted by Crippen LogP contribution is 2.21. The van der Waals surface area contributed by atoms with Crippen LogP contribution in [0.2, 0.25) is 5.02 Å². The maximum absolute atomic E-state index is 12.8. The Balaban J connectivity index is 1.83. The van der Waals surface area contributed by atoms with Gasteiger partial charge in [0.05, 0.1) is 5.39 Å². The van der Waals surface area contributed by atoms with Crippen molar-refractivity contribution in [2.24, 2.45) is 0 Å². The molecule has 5 heteroatoms. The average Bonchev–Trinajstić information content (AvgIpc) is 2.50. The Morgan fingerprint density at radius 3 is 2.67 bits per heavy atom. The summed E-state index contributed by atoms with van der Waals surface area (Å²) in [4.78, 5) is 11.8. The van der Waals surface area contributed by atoms with Crippen molar-refractivity contribution in [1.29, 1.82) is 0 Å². The molecule has 0 saturated carbocycles. The van der Waals surface area contributed by atoms with E-state index >= 15 is 0 Å². The van der Waals surface area contributed by atoms with Gasteiger partial charge in [-0.2, -0.15) is 0 Å². The fourth-order valence-corrected chi connectivity index (χ4v) is 2.07. The van der Waals surface area contributed by atoms with Crippen LogP contribution in [0.3, 0.4) is 0 Å². The molecule has 0 saturated heterocycles. The lowest BCUT2D eigenvalue weighted by Crippen LogP contribution is -2.01. The standard InChI is InChI=1S/C16H10ClFO3/c17-14-9-21-15-7-12(5-6-13(15)16(14)19)20-8-10-1-3-11(18)4-2-10/h1-7,9H,8H2. The Bertz CT molecular complexity index is 840. The van der Waals surface area contributed by atoms with Crippen LogP contribution in [0.25, 0.3) is 11.0 Å². The molecule has 0 N–H and O–H groups in total. The number of benzene rings is 2. The molecule has 2 aromatic carbocycles. The minimum absolute atomic E-state index is 0.0440.